The number of aromatic carboxylic acids is 1. The number of hydrogen-bond donors (Lipinski definition) is 4. The number of nitrogens with one attached hydrogen (secondary N) is 1. The monoisotopic (exact) mass is 357 g/mol. The maximum Gasteiger partial charge on any atom is 0.339 e. The molecule has 0 radical (unpaired) electrons. The van der Waals surface area contributed by atoms with Gasteiger partial charge in [-0.2, -0.15) is 0 Å². The fourth-order valence-electron chi connectivity index (χ4n) is 2.41. The van der Waals surface area contributed by atoms with E-state index in [1.54, 1.807) is 30.3 Å². The number of aryl methyl sites for hydroxylation is 2. The fraction of sp³-hybridized carbons (Fsp3) is 0.211. The van der Waals surface area contributed by atoms with E-state index in [0.29, 0.717) is 18.4 Å². The number of phenols is 1. The molecule has 0 spiro atoms. The molecule has 0 unspecified atom stereocenters. The number of carbonyl (C=O) groups is 3. The van der Waals surface area contributed by atoms with Gasteiger partial charge in [0.1, 0.15) is 11.3 Å². The Kier molecular flexibility index (Phi) is 6.32. The number of hydrogen-bond acceptors (Lipinski definition) is 4. The molecule has 0 fully saturated rings. The van der Waals surface area contributed by atoms with Crippen LogP contribution in [-0.2, 0) is 17.6 Å². The van der Waals surface area contributed by atoms with Gasteiger partial charge in [-0.05, 0) is 48.2 Å². The summed E-state index contributed by atoms with van der Waals surface area (Å²) in [7, 11) is 0. The second-order valence-corrected chi connectivity index (χ2v) is 5.75. The van der Waals surface area contributed by atoms with Crippen molar-refractivity contribution >= 4 is 17.8 Å². The summed E-state index contributed by atoms with van der Waals surface area (Å²) in [5.74, 6) is -2.74. The van der Waals surface area contributed by atoms with Crippen LogP contribution < -0.4 is 5.32 Å². The Labute approximate surface area is 149 Å². The van der Waals surface area contributed by atoms with Crippen molar-refractivity contribution in [3.05, 3.63) is 64.7 Å². The van der Waals surface area contributed by atoms with Gasteiger partial charge in [-0.1, -0.05) is 18.2 Å². The van der Waals surface area contributed by atoms with Crippen LogP contribution in [0.1, 0.15) is 38.3 Å². The minimum absolute atomic E-state index is 0.0721. The molecule has 0 aliphatic heterocycles. The number of aliphatic carboxylic acids is 1. The topological polar surface area (TPSA) is 124 Å². The Morgan fingerprint density at radius 2 is 1.50 bits per heavy atom. The quantitative estimate of drug-likeness (QED) is 0.573. The zero-order valence-corrected chi connectivity index (χ0v) is 13.9. The molecule has 26 heavy (non-hydrogen) atoms. The predicted octanol–water partition coefficient (Wildman–Crippen LogP) is 2.08. The van der Waals surface area contributed by atoms with E-state index in [-0.39, 0.29) is 30.2 Å². The van der Waals surface area contributed by atoms with E-state index in [1.807, 2.05) is 0 Å². The summed E-state index contributed by atoms with van der Waals surface area (Å²) in [5, 5.41) is 29.6. The molecule has 2 aromatic rings. The van der Waals surface area contributed by atoms with Gasteiger partial charge in [0, 0.05) is 12.1 Å². The SMILES string of the molecule is O=C(O)CCNC(=O)c1ccc(CCc2ccc(O)c(C(=O)O)c2)cc1. The molecule has 0 aliphatic carbocycles. The lowest BCUT2D eigenvalue weighted by Gasteiger charge is -2.07. The van der Waals surface area contributed by atoms with Gasteiger partial charge in [0.05, 0.1) is 6.42 Å². The van der Waals surface area contributed by atoms with Crippen LogP contribution >= 0.6 is 0 Å². The minimum atomic E-state index is -1.18. The molecule has 4 N–H and O–H groups in total. The molecule has 0 saturated carbocycles. The molecule has 7 heteroatoms. The number of carboxylic acids is 2. The summed E-state index contributed by atoms with van der Waals surface area (Å²) in [5.41, 5.74) is 2.07. The van der Waals surface area contributed by atoms with Crippen LogP contribution in [0.15, 0.2) is 42.5 Å². The molecule has 0 aliphatic rings. The number of rotatable bonds is 8. The molecule has 0 heterocycles. The lowest BCUT2D eigenvalue weighted by atomic mass is 10.0. The van der Waals surface area contributed by atoms with Gasteiger partial charge in [-0.3, -0.25) is 9.59 Å². The molecule has 2 aromatic carbocycles. The van der Waals surface area contributed by atoms with Gasteiger partial charge in [0.15, 0.2) is 0 Å². The largest absolute Gasteiger partial charge is 0.507 e. The van der Waals surface area contributed by atoms with Crippen LogP contribution in [0, 0.1) is 0 Å². The van der Waals surface area contributed by atoms with Gasteiger partial charge in [-0.15, -0.1) is 0 Å². The average molecular weight is 357 g/mol. The van der Waals surface area contributed by atoms with Crippen molar-refractivity contribution in [3.8, 4) is 5.75 Å². The first-order valence-corrected chi connectivity index (χ1v) is 8.01. The zero-order valence-electron chi connectivity index (χ0n) is 13.9. The van der Waals surface area contributed by atoms with Crippen LogP contribution in [0.5, 0.6) is 5.75 Å². The van der Waals surface area contributed by atoms with E-state index >= 15 is 0 Å². The third kappa shape index (κ3) is 5.34. The standard InChI is InChI=1S/C19H19NO6/c21-16-8-5-13(11-15(16)19(25)26)2-1-12-3-6-14(7-4-12)18(24)20-10-9-17(22)23/h3-8,11,21H,1-2,9-10H2,(H,20,24)(H,22,23)(H,25,26). The number of aromatic hydroxyl groups is 1. The number of carbonyl (C=O) groups excluding carboxylic acids is 1. The van der Waals surface area contributed by atoms with E-state index in [0.717, 1.165) is 11.1 Å². The fourth-order valence-corrected chi connectivity index (χ4v) is 2.41. The van der Waals surface area contributed by atoms with Crippen LogP contribution in [0.25, 0.3) is 0 Å². The van der Waals surface area contributed by atoms with Crippen LogP contribution in [0.4, 0.5) is 0 Å². The van der Waals surface area contributed by atoms with Crippen LogP contribution in [0.2, 0.25) is 0 Å². The lowest BCUT2D eigenvalue weighted by molar-refractivity contribution is -0.136. The molecule has 0 bridgehead atoms. The van der Waals surface area contributed by atoms with Crippen molar-refractivity contribution in [2.45, 2.75) is 19.3 Å². The third-order valence-electron chi connectivity index (χ3n) is 3.83. The smallest absolute Gasteiger partial charge is 0.339 e. The van der Waals surface area contributed by atoms with Crippen molar-refractivity contribution in [3.63, 3.8) is 0 Å². The van der Waals surface area contributed by atoms with Crippen molar-refractivity contribution in [1.29, 1.82) is 0 Å². The summed E-state index contributed by atoms with van der Waals surface area (Å²) in [6.45, 7) is 0.0721. The molecular formula is C19H19NO6. The van der Waals surface area contributed by atoms with Gasteiger partial charge in [0.2, 0.25) is 0 Å². The van der Waals surface area contributed by atoms with Gasteiger partial charge < -0.3 is 20.6 Å². The zero-order chi connectivity index (χ0) is 19.1. The minimum Gasteiger partial charge on any atom is -0.507 e. The number of amides is 1. The second-order valence-electron chi connectivity index (χ2n) is 5.75. The number of carboxylic acid groups (broad SMARTS) is 2. The summed E-state index contributed by atoms with van der Waals surface area (Å²) in [4.78, 5) is 33.3. The van der Waals surface area contributed by atoms with Gasteiger partial charge in [-0.25, -0.2) is 4.79 Å². The maximum absolute atomic E-state index is 11.9. The summed E-state index contributed by atoms with van der Waals surface area (Å²) in [6.07, 6.45) is 1.10. The molecule has 7 nitrogen and oxygen atoms in total. The molecule has 136 valence electrons. The highest BCUT2D eigenvalue weighted by atomic mass is 16.4. The van der Waals surface area contributed by atoms with Gasteiger partial charge >= 0.3 is 11.9 Å². The summed E-state index contributed by atoms with van der Waals surface area (Å²) < 4.78 is 0. The highest BCUT2D eigenvalue weighted by molar-refractivity contribution is 5.94. The van der Waals surface area contributed by atoms with E-state index in [2.05, 4.69) is 5.32 Å². The Morgan fingerprint density at radius 3 is 2.12 bits per heavy atom. The second kappa shape index (κ2) is 8.66. The van der Waals surface area contributed by atoms with E-state index in [1.165, 1.54) is 12.1 Å². The highest BCUT2D eigenvalue weighted by Gasteiger charge is 2.10. The van der Waals surface area contributed by atoms with Crippen molar-refractivity contribution in [2.75, 3.05) is 6.54 Å². The average Bonchev–Trinajstić information content (AvgIpc) is 2.60. The van der Waals surface area contributed by atoms with Gasteiger partial charge in [0.25, 0.3) is 5.91 Å². The first-order valence-electron chi connectivity index (χ1n) is 8.01. The molecule has 0 aromatic heterocycles. The van der Waals surface area contributed by atoms with E-state index in [4.69, 9.17) is 10.2 Å². The predicted molar refractivity (Wildman–Crippen MR) is 93.5 cm³/mol. The lowest BCUT2D eigenvalue weighted by Crippen LogP contribution is -2.25. The number of benzene rings is 2. The Balaban J connectivity index is 1.93. The first-order chi connectivity index (χ1) is 12.4. The van der Waals surface area contributed by atoms with Crippen LogP contribution in [0.3, 0.4) is 0 Å². The molecule has 2 rings (SSSR count). The van der Waals surface area contributed by atoms with E-state index in [9.17, 15) is 19.5 Å². The van der Waals surface area contributed by atoms with Crippen molar-refractivity contribution in [2.24, 2.45) is 0 Å². The highest BCUT2D eigenvalue weighted by Crippen LogP contribution is 2.19. The first kappa shape index (κ1) is 19.0. The van der Waals surface area contributed by atoms with Crippen molar-refractivity contribution < 1.29 is 29.7 Å². The summed E-state index contributed by atoms with van der Waals surface area (Å²) >= 11 is 0. The van der Waals surface area contributed by atoms with Crippen LogP contribution in [-0.4, -0.2) is 39.7 Å². The van der Waals surface area contributed by atoms with Crippen molar-refractivity contribution in [1.82, 2.24) is 5.32 Å². The molecule has 0 saturated heterocycles. The maximum atomic E-state index is 11.9. The Morgan fingerprint density at radius 1 is 0.885 bits per heavy atom. The molecule has 0 atom stereocenters. The summed E-state index contributed by atoms with van der Waals surface area (Å²) in [6, 6.07) is 11.4. The third-order valence-corrected chi connectivity index (χ3v) is 3.83. The normalized spacial score (nSPS) is 10.3. The van der Waals surface area contributed by atoms with E-state index < -0.39 is 11.9 Å². The molecular weight excluding hydrogens is 338 g/mol. The molecule has 1 amide bonds. The Bertz CT molecular complexity index is 813. The Hall–Kier alpha value is -3.35.